The minimum Gasteiger partial charge on any atom is -0.264 e. The minimum atomic E-state index is 0.597. The summed E-state index contributed by atoms with van der Waals surface area (Å²) in [6, 6.07) is 4.15. The third-order valence-electron chi connectivity index (χ3n) is 5.18. The van der Waals surface area contributed by atoms with Crippen molar-refractivity contribution in [1.82, 2.24) is 15.0 Å². The van der Waals surface area contributed by atoms with Crippen molar-refractivity contribution in [3.8, 4) is 0 Å². The quantitative estimate of drug-likeness (QED) is 0.458. The summed E-state index contributed by atoms with van der Waals surface area (Å²) in [5.74, 6) is 3.39. The van der Waals surface area contributed by atoms with Crippen molar-refractivity contribution in [2.75, 3.05) is 0 Å². The summed E-state index contributed by atoms with van der Waals surface area (Å²) < 4.78 is 0. The van der Waals surface area contributed by atoms with E-state index in [9.17, 15) is 0 Å². The highest BCUT2D eigenvalue weighted by atomic mass is 32.2. The Labute approximate surface area is 156 Å². The number of nitrogens with zero attached hydrogens (tertiary/aromatic N) is 3. The zero-order chi connectivity index (χ0) is 16.8. The summed E-state index contributed by atoms with van der Waals surface area (Å²) in [6.45, 7) is 2.37. The molecule has 1 saturated carbocycles. The highest BCUT2D eigenvalue weighted by Crippen LogP contribution is 2.44. The van der Waals surface area contributed by atoms with Crippen LogP contribution < -0.4 is 0 Å². The standard InChI is InChI=1S/C20H21N3S2/c1-12-4-7-15-16(9-12)25-20-17(15)19(22-18(23-20)14-5-6-14)24-11-13-3-2-8-21-10-13/h2-3,8,10,12,14H,4-7,9,11H2,1H3. The largest absolute Gasteiger partial charge is 0.264 e. The van der Waals surface area contributed by atoms with Gasteiger partial charge in [-0.1, -0.05) is 13.0 Å². The Hall–Kier alpha value is -1.46. The first-order valence-corrected chi connectivity index (χ1v) is 10.9. The molecule has 2 aliphatic rings. The Balaban J connectivity index is 1.57. The van der Waals surface area contributed by atoms with Gasteiger partial charge < -0.3 is 0 Å². The van der Waals surface area contributed by atoms with Crippen LogP contribution in [0, 0.1) is 5.92 Å². The van der Waals surface area contributed by atoms with Crippen LogP contribution in [0.25, 0.3) is 10.2 Å². The van der Waals surface area contributed by atoms with Crippen molar-refractivity contribution in [1.29, 1.82) is 0 Å². The molecular weight excluding hydrogens is 346 g/mol. The smallest absolute Gasteiger partial charge is 0.134 e. The van der Waals surface area contributed by atoms with Gasteiger partial charge in [0.25, 0.3) is 0 Å². The van der Waals surface area contributed by atoms with Gasteiger partial charge in [-0.05, 0) is 55.2 Å². The molecule has 0 radical (unpaired) electrons. The molecule has 0 bridgehead atoms. The average molecular weight is 368 g/mol. The number of thioether (sulfide) groups is 1. The first-order valence-electron chi connectivity index (χ1n) is 9.12. The molecule has 0 amide bonds. The Morgan fingerprint density at radius 2 is 2.16 bits per heavy atom. The van der Waals surface area contributed by atoms with Crippen molar-refractivity contribution >= 4 is 33.3 Å². The van der Waals surface area contributed by atoms with Crippen molar-refractivity contribution in [3.05, 3.63) is 46.4 Å². The summed E-state index contributed by atoms with van der Waals surface area (Å²) in [5, 5.41) is 2.55. The second-order valence-electron chi connectivity index (χ2n) is 7.34. The summed E-state index contributed by atoms with van der Waals surface area (Å²) in [4.78, 5) is 17.0. The number of hydrogen-bond donors (Lipinski definition) is 0. The van der Waals surface area contributed by atoms with Gasteiger partial charge in [0.05, 0.1) is 0 Å². The van der Waals surface area contributed by atoms with Gasteiger partial charge in [0.2, 0.25) is 0 Å². The second kappa shape index (κ2) is 6.36. The molecule has 0 aliphatic heterocycles. The van der Waals surface area contributed by atoms with E-state index in [1.165, 1.54) is 58.5 Å². The molecule has 3 aromatic heterocycles. The first-order chi connectivity index (χ1) is 12.3. The number of fused-ring (bicyclic) bond motifs is 3. The molecule has 0 spiro atoms. The zero-order valence-corrected chi connectivity index (χ0v) is 16.0. The van der Waals surface area contributed by atoms with Gasteiger partial charge in [0.15, 0.2) is 0 Å². The molecule has 5 heteroatoms. The van der Waals surface area contributed by atoms with E-state index < -0.39 is 0 Å². The summed E-state index contributed by atoms with van der Waals surface area (Å²) in [5.41, 5.74) is 2.79. The van der Waals surface area contributed by atoms with Crippen molar-refractivity contribution < 1.29 is 0 Å². The molecule has 3 aromatic rings. The molecule has 3 heterocycles. The number of rotatable bonds is 4. The first kappa shape index (κ1) is 15.8. The third-order valence-corrected chi connectivity index (χ3v) is 7.37. The topological polar surface area (TPSA) is 38.7 Å². The summed E-state index contributed by atoms with van der Waals surface area (Å²) in [7, 11) is 0. The average Bonchev–Trinajstić information content (AvgIpc) is 3.41. The number of pyridine rings is 1. The van der Waals surface area contributed by atoms with Gasteiger partial charge >= 0.3 is 0 Å². The van der Waals surface area contributed by atoms with E-state index in [1.807, 2.05) is 41.6 Å². The minimum absolute atomic E-state index is 0.597. The molecule has 128 valence electrons. The van der Waals surface area contributed by atoms with Gasteiger partial charge in [-0.3, -0.25) is 4.98 Å². The zero-order valence-electron chi connectivity index (χ0n) is 14.4. The Morgan fingerprint density at radius 3 is 2.96 bits per heavy atom. The maximum Gasteiger partial charge on any atom is 0.134 e. The van der Waals surface area contributed by atoms with Gasteiger partial charge in [-0.25, -0.2) is 9.97 Å². The predicted molar refractivity (Wildman–Crippen MR) is 104 cm³/mol. The molecule has 5 rings (SSSR count). The number of hydrogen-bond acceptors (Lipinski definition) is 5. The van der Waals surface area contributed by atoms with E-state index in [1.54, 1.807) is 4.88 Å². The number of aromatic nitrogens is 3. The molecule has 0 N–H and O–H groups in total. The van der Waals surface area contributed by atoms with Crippen LogP contribution in [0.1, 0.15) is 53.9 Å². The van der Waals surface area contributed by atoms with Crippen LogP contribution in [0.4, 0.5) is 0 Å². The monoisotopic (exact) mass is 367 g/mol. The molecule has 3 nitrogen and oxygen atoms in total. The fraction of sp³-hybridized carbons (Fsp3) is 0.450. The Bertz CT molecular complexity index is 916. The lowest BCUT2D eigenvalue weighted by Crippen LogP contribution is -2.08. The van der Waals surface area contributed by atoms with Crippen molar-refractivity contribution in [2.45, 2.75) is 55.7 Å². The van der Waals surface area contributed by atoms with Gasteiger partial charge in [0, 0.05) is 34.3 Å². The van der Waals surface area contributed by atoms with E-state index in [-0.39, 0.29) is 0 Å². The highest BCUT2D eigenvalue weighted by molar-refractivity contribution is 7.98. The second-order valence-corrected chi connectivity index (χ2v) is 9.39. The van der Waals surface area contributed by atoms with Crippen LogP contribution in [0.15, 0.2) is 29.6 Å². The molecule has 1 fully saturated rings. The lowest BCUT2D eigenvalue weighted by molar-refractivity contribution is 0.509. The van der Waals surface area contributed by atoms with Gasteiger partial charge in [0.1, 0.15) is 15.7 Å². The van der Waals surface area contributed by atoms with Crippen molar-refractivity contribution in [2.24, 2.45) is 5.92 Å². The summed E-state index contributed by atoms with van der Waals surface area (Å²) in [6.07, 6.45) is 9.97. The van der Waals surface area contributed by atoms with E-state index >= 15 is 0 Å². The highest BCUT2D eigenvalue weighted by Gasteiger charge is 2.30. The van der Waals surface area contributed by atoms with E-state index in [4.69, 9.17) is 9.97 Å². The maximum absolute atomic E-state index is 5.02. The van der Waals surface area contributed by atoms with E-state index in [0.717, 1.165) is 17.5 Å². The fourth-order valence-electron chi connectivity index (χ4n) is 3.59. The maximum atomic E-state index is 5.02. The Morgan fingerprint density at radius 1 is 1.24 bits per heavy atom. The molecule has 1 atom stereocenters. The van der Waals surface area contributed by atoms with Crippen LogP contribution in [-0.4, -0.2) is 15.0 Å². The summed E-state index contributed by atoms with van der Waals surface area (Å²) >= 11 is 3.78. The number of thiophene rings is 1. The van der Waals surface area contributed by atoms with Gasteiger partial charge in [-0.2, -0.15) is 0 Å². The molecule has 0 aromatic carbocycles. The van der Waals surface area contributed by atoms with E-state index in [2.05, 4.69) is 18.0 Å². The predicted octanol–water partition coefficient (Wildman–Crippen LogP) is 5.38. The number of aryl methyl sites for hydroxylation is 1. The lowest BCUT2D eigenvalue weighted by atomic mass is 9.89. The van der Waals surface area contributed by atoms with Crippen LogP contribution in [0.2, 0.25) is 0 Å². The van der Waals surface area contributed by atoms with Crippen LogP contribution in [0.5, 0.6) is 0 Å². The van der Waals surface area contributed by atoms with Crippen LogP contribution in [0.3, 0.4) is 0 Å². The molecule has 25 heavy (non-hydrogen) atoms. The van der Waals surface area contributed by atoms with Gasteiger partial charge in [-0.15, -0.1) is 23.1 Å². The molecule has 1 unspecified atom stereocenters. The SMILES string of the molecule is CC1CCc2c(sc3nc(C4CC4)nc(SCc4cccnc4)c23)C1. The van der Waals surface area contributed by atoms with Crippen molar-refractivity contribution in [3.63, 3.8) is 0 Å². The molecule has 2 aliphatic carbocycles. The normalized spacial score (nSPS) is 20.0. The molecule has 0 saturated heterocycles. The van der Waals surface area contributed by atoms with Crippen LogP contribution in [-0.2, 0) is 18.6 Å². The Kier molecular flexibility index (Phi) is 4.01. The van der Waals surface area contributed by atoms with E-state index in [0.29, 0.717) is 5.92 Å². The third kappa shape index (κ3) is 3.08. The van der Waals surface area contributed by atoms with Crippen LogP contribution >= 0.6 is 23.1 Å². The lowest BCUT2D eigenvalue weighted by Gasteiger charge is -2.18. The molecular formula is C20H21N3S2. The fourth-order valence-corrected chi connectivity index (χ4v) is 6.04.